The van der Waals surface area contributed by atoms with Crippen LogP contribution in [-0.4, -0.2) is 44.9 Å². The number of nitrogens with zero attached hydrogens (tertiary/aromatic N) is 3. The minimum atomic E-state index is -1.54. The monoisotopic (exact) mass is 439 g/mol. The molecule has 1 aliphatic heterocycles. The highest BCUT2D eigenvalue weighted by Crippen LogP contribution is 2.30. The van der Waals surface area contributed by atoms with Crippen LogP contribution in [0.15, 0.2) is 54.6 Å². The Morgan fingerprint density at radius 1 is 1.00 bits per heavy atom. The van der Waals surface area contributed by atoms with Gasteiger partial charge in [-0.3, -0.25) is 0 Å². The number of carboxylic acids is 1. The molecule has 1 aliphatic rings. The normalized spacial score (nSPS) is 15.4. The topological polar surface area (TPSA) is 122 Å². The van der Waals surface area contributed by atoms with Gasteiger partial charge in [0.2, 0.25) is 5.88 Å². The maximum Gasteiger partial charge on any atom is 0.512 e. The number of carbonyl (C=O) groups is 2. The smallest absolute Gasteiger partial charge is 0.480 e. The molecule has 2 aromatic carbocycles. The Kier molecular flexibility index (Phi) is 5.84. The second kappa shape index (κ2) is 8.88. The quantitative estimate of drug-likeness (QED) is 0.545. The molecule has 3 aromatic rings. The molecular weight excluding hydrogens is 421 g/mol. The Morgan fingerprint density at radius 2 is 1.66 bits per heavy atom. The fourth-order valence-electron chi connectivity index (χ4n) is 3.44. The highest BCUT2D eigenvalue weighted by molar-refractivity contribution is 5.79. The summed E-state index contributed by atoms with van der Waals surface area (Å²) in [5, 5.41) is 18.5. The van der Waals surface area contributed by atoms with Crippen molar-refractivity contribution in [3.8, 4) is 28.8 Å². The second-order valence-electron chi connectivity index (χ2n) is 7.03. The van der Waals surface area contributed by atoms with E-state index in [1.165, 1.54) is 30.3 Å². The van der Waals surface area contributed by atoms with Crippen LogP contribution in [0, 0.1) is 5.82 Å². The average Bonchev–Trinajstić information content (AvgIpc) is 3.26. The van der Waals surface area contributed by atoms with E-state index in [0.29, 0.717) is 36.4 Å². The first-order chi connectivity index (χ1) is 15.4. The van der Waals surface area contributed by atoms with Crippen LogP contribution in [-0.2, 0) is 4.79 Å². The van der Waals surface area contributed by atoms with Gasteiger partial charge >= 0.3 is 12.1 Å². The molecule has 2 heterocycles. The molecule has 1 saturated heterocycles. The van der Waals surface area contributed by atoms with Gasteiger partial charge in [-0.2, -0.15) is 4.98 Å². The summed E-state index contributed by atoms with van der Waals surface area (Å²) in [4.78, 5) is 32.8. The summed E-state index contributed by atoms with van der Waals surface area (Å²) in [6.07, 6.45) is -0.417. The number of ether oxygens (including phenoxy) is 2. The van der Waals surface area contributed by atoms with Gasteiger partial charge in [0.15, 0.2) is 5.82 Å². The SMILES string of the molecule is O=C(O)Oc1cc(N2CCC[C@H]2C(=O)O)nc(-c2ccc(Oc3ccc(F)cc3)cc2)n1. The van der Waals surface area contributed by atoms with Crippen LogP contribution in [0.25, 0.3) is 11.4 Å². The number of hydrogen-bond donors (Lipinski definition) is 2. The number of carboxylic acid groups (broad SMARTS) is 2. The van der Waals surface area contributed by atoms with E-state index >= 15 is 0 Å². The molecule has 1 aromatic heterocycles. The molecule has 0 radical (unpaired) electrons. The van der Waals surface area contributed by atoms with Crippen molar-refractivity contribution in [1.82, 2.24) is 9.97 Å². The molecule has 0 unspecified atom stereocenters. The zero-order valence-corrected chi connectivity index (χ0v) is 16.6. The zero-order valence-electron chi connectivity index (χ0n) is 16.6. The first-order valence-electron chi connectivity index (χ1n) is 9.72. The van der Waals surface area contributed by atoms with Gasteiger partial charge in [-0.1, -0.05) is 0 Å². The summed E-state index contributed by atoms with van der Waals surface area (Å²) in [5.41, 5.74) is 0.541. The minimum absolute atomic E-state index is 0.170. The molecule has 4 rings (SSSR count). The predicted molar refractivity (Wildman–Crippen MR) is 111 cm³/mol. The third-order valence-electron chi connectivity index (χ3n) is 4.87. The molecule has 1 atom stereocenters. The van der Waals surface area contributed by atoms with E-state index in [-0.39, 0.29) is 23.3 Å². The van der Waals surface area contributed by atoms with Crippen molar-refractivity contribution in [3.05, 3.63) is 60.4 Å². The zero-order chi connectivity index (χ0) is 22.7. The summed E-state index contributed by atoms with van der Waals surface area (Å²) in [6, 6.07) is 12.8. The molecule has 0 saturated carbocycles. The molecule has 0 spiro atoms. The fraction of sp³-hybridized carbons (Fsp3) is 0.182. The van der Waals surface area contributed by atoms with Crippen LogP contribution < -0.4 is 14.4 Å². The average molecular weight is 439 g/mol. The van der Waals surface area contributed by atoms with Crippen molar-refractivity contribution in [2.45, 2.75) is 18.9 Å². The van der Waals surface area contributed by atoms with Crippen molar-refractivity contribution < 1.29 is 33.7 Å². The van der Waals surface area contributed by atoms with Gasteiger partial charge in [-0.05, 0) is 61.4 Å². The van der Waals surface area contributed by atoms with E-state index < -0.39 is 18.2 Å². The molecule has 0 bridgehead atoms. The number of rotatable bonds is 6. The van der Waals surface area contributed by atoms with Gasteiger partial charge in [0.05, 0.1) is 0 Å². The molecule has 1 fully saturated rings. The Balaban J connectivity index is 1.63. The van der Waals surface area contributed by atoms with E-state index in [9.17, 15) is 19.1 Å². The summed E-state index contributed by atoms with van der Waals surface area (Å²) in [6.45, 7) is 0.463. The molecule has 164 valence electrons. The lowest BCUT2D eigenvalue weighted by Gasteiger charge is -2.23. The summed E-state index contributed by atoms with van der Waals surface area (Å²) in [7, 11) is 0. The molecule has 0 aliphatic carbocycles. The first-order valence-corrected chi connectivity index (χ1v) is 9.72. The van der Waals surface area contributed by atoms with Crippen LogP contribution in [0.5, 0.6) is 17.4 Å². The van der Waals surface area contributed by atoms with Crippen molar-refractivity contribution in [2.24, 2.45) is 0 Å². The van der Waals surface area contributed by atoms with Crippen molar-refractivity contribution >= 4 is 17.9 Å². The summed E-state index contributed by atoms with van der Waals surface area (Å²) < 4.78 is 23.4. The van der Waals surface area contributed by atoms with Gasteiger partial charge in [0, 0.05) is 18.2 Å². The third kappa shape index (κ3) is 4.75. The van der Waals surface area contributed by atoms with Gasteiger partial charge in [-0.25, -0.2) is 19.0 Å². The van der Waals surface area contributed by atoms with Crippen LogP contribution in [0.3, 0.4) is 0 Å². The Hall–Kier alpha value is -4.21. The highest BCUT2D eigenvalue weighted by Gasteiger charge is 2.32. The lowest BCUT2D eigenvalue weighted by atomic mass is 10.2. The maximum atomic E-state index is 13.0. The molecular formula is C22H18FN3O6. The van der Waals surface area contributed by atoms with Crippen molar-refractivity contribution in [1.29, 1.82) is 0 Å². The standard InChI is InChI=1S/C22H18FN3O6/c23-14-5-9-16(10-6-14)31-15-7-3-13(4-8-15)20-24-18(12-19(25-20)32-22(29)30)26-11-1-2-17(26)21(27)28/h3-10,12,17H,1-2,11H2,(H,27,28)(H,29,30)/t17-/m0/s1. The first kappa shape index (κ1) is 21.0. The minimum Gasteiger partial charge on any atom is -0.480 e. The highest BCUT2D eigenvalue weighted by atomic mass is 19.1. The molecule has 2 N–H and O–H groups in total. The van der Waals surface area contributed by atoms with Crippen LogP contribution in [0.4, 0.5) is 15.0 Å². The van der Waals surface area contributed by atoms with Crippen LogP contribution >= 0.6 is 0 Å². The van der Waals surface area contributed by atoms with Gasteiger partial charge in [0.25, 0.3) is 0 Å². The third-order valence-corrected chi connectivity index (χ3v) is 4.87. The van der Waals surface area contributed by atoms with Crippen molar-refractivity contribution in [2.75, 3.05) is 11.4 Å². The lowest BCUT2D eigenvalue weighted by Crippen LogP contribution is -2.36. The van der Waals surface area contributed by atoms with E-state index in [1.54, 1.807) is 29.2 Å². The second-order valence-corrected chi connectivity index (χ2v) is 7.03. The summed E-state index contributed by atoms with van der Waals surface area (Å²) >= 11 is 0. The molecule has 10 heteroatoms. The maximum absolute atomic E-state index is 13.0. The number of halogens is 1. The van der Waals surface area contributed by atoms with Gasteiger partial charge < -0.3 is 24.6 Å². The van der Waals surface area contributed by atoms with Crippen LogP contribution in [0.2, 0.25) is 0 Å². The fourth-order valence-corrected chi connectivity index (χ4v) is 3.44. The van der Waals surface area contributed by atoms with E-state index in [4.69, 9.17) is 14.6 Å². The number of aliphatic carboxylic acids is 1. The van der Waals surface area contributed by atoms with Gasteiger partial charge in [-0.15, -0.1) is 0 Å². The predicted octanol–water partition coefficient (Wildman–Crippen LogP) is 4.19. The number of anilines is 1. The van der Waals surface area contributed by atoms with Crippen LogP contribution in [0.1, 0.15) is 12.8 Å². The number of hydrogen-bond acceptors (Lipinski definition) is 7. The summed E-state index contributed by atoms with van der Waals surface area (Å²) in [5.74, 6) is -0.170. The number of aromatic nitrogens is 2. The number of benzene rings is 2. The Morgan fingerprint density at radius 3 is 2.28 bits per heavy atom. The van der Waals surface area contributed by atoms with Crippen molar-refractivity contribution in [3.63, 3.8) is 0 Å². The molecule has 9 nitrogen and oxygen atoms in total. The Labute approximate surface area is 181 Å². The van der Waals surface area contributed by atoms with E-state index in [0.717, 1.165) is 0 Å². The molecule has 0 amide bonds. The van der Waals surface area contributed by atoms with Gasteiger partial charge in [0.1, 0.15) is 29.2 Å². The Bertz CT molecular complexity index is 1140. The largest absolute Gasteiger partial charge is 0.512 e. The lowest BCUT2D eigenvalue weighted by molar-refractivity contribution is -0.138. The molecule has 32 heavy (non-hydrogen) atoms. The van der Waals surface area contributed by atoms with E-state index in [1.807, 2.05) is 0 Å². The van der Waals surface area contributed by atoms with E-state index in [2.05, 4.69) is 9.97 Å².